The molecule has 2 nitrogen and oxygen atoms in total. The Morgan fingerprint density at radius 3 is 2.94 bits per heavy atom. The van der Waals surface area contributed by atoms with E-state index in [-0.39, 0.29) is 5.60 Å². The first-order valence-electron chi connectivity index (χ1n) is 7.24. The third kappa shape index (κ3) is 3.82. The summed E-state index contributed by atoms with van der Waals surface area (Å²) in [5.41, 5.74) is 0.113. The quantitative estimate of drug-likeness (QED) is 0.758. The predicted octanol–water partition coefficient (Wildman–Crippen LogP) is 3.28. The molecular weight excluding hydrogens is 210 g/mol. The summed E-state index contributed by atoms with van der Waals surface area (Å²) in [6.45, 7) is 6.60. The van der Waals surface area contributed by atoms with E-state index in [9.17, 15) is 0 Å². The molecule has 1 heterocycles. The molecule has 0 aromatic carbocycles. The Hall–Kier alpha value is -0.340. The smallest absolute Gasteiger partial charge is 0.0666 e. The van der Waals surface area contributed by atoms with E-state index in [2.05, 4.69) is 31.3 Å². The summed E-state index contributed by atoms with van der Waals surface area (Å²) in [6, 6.07) is 0.666. The lowest BCUT2D eigenvalue weighted by molar-refractivity contribution is -0.0782. The van der Waals surface area contributed by atoms with Gasteiger partial charge in [0.25, 0.3) is 0 Å². The second kappa shape index (κ2) is 6.01. The van der Waals surface area contributed by atoms with Crippen molar-refractivity contribution >= 4 is 0 Å². The Balaban J connectivity index is 1.73. The van der Waals surface area contributed by atoms with Gasteiger partial charge in [-0.05, 0) is 57.9 Å². The van der Waals surface area contributed by atoms with Crippen molar-refractivity contribution in [3.63, 3.8) is 0 Å². The van der Waals surface area contributed by atoms with Gasteiger partial charge in [-0.25, -0.2) is 0 Å². The zero-order chi connectivity index (χ0) is 12.1. The normalized spacial score (nSPS) is 38.2. The molecule has 2 rings (SSSR count). The maximum Gasteiger partial charge on any atom is 0.0666 e. The van der Waals surface area contributed by atoms with Crippen molar-refractivity contribution in [1.82, 2.24) is 5.32 Å². The monoisotopic (exact) mass is 237 g/mol. The van der Waals surface area contributed by atoms with E-state index in [0.29, 0.717) is 6.04 Å². The molecule has 0 aromatic rings. The Morgan fingerprint density at radius 2 is 2.24 bits per heavy atom. The number of hydrogen-bond donors (Lipinski definition) is 1. The highest BCUT2D eigenvalue weighted by Gasteiger charge is 2.31. The Labute approximate surface area is 106 Å². The van der Waals surface area contributed by atoms with Crippen LogP contribution in [0.5, 0.6) is 0 Å². The molecule has 98 valence electrons. The van der Waals surface area contributed by atoms with Crippen molar-refractivity contribution < 1.29 is 4.74 Å². The van der Waals surface area contributed by atoms with Gasteiger partial charge in [-0.15, -0.1) is 0 Å². The third-order valence-electron chi connectivity index (χ3n) is 4.42. The fourth-order valence-corrected chi connectivity index (χ4v) is 2.93. The van der Waals surface area contributed by atoms with Gasteiger partial charge in [-0.1, -0.05) is 19.1 Å². The second-order valence-corrected chi connectivity index (χ2v) is 5.90. The summed E-state index contributed by atoms with van der Waals surface area (Å²) < 4.78 is 5.89. The van der Waals surface area contributed by atoms with Crippen LogP contribution in [-0.4, -0.2) is 24.8 Å². The van der Waals surface area contributed by atoms with E-state index in [0.717, 1.165) is 18.9 Å². The zero-order valence-electron chi connectivity index (χ0n) is 11.4. The van der Waals surface area contributed by atoms with Crippen LogP contribution in [-0.2, 0) is 4.74 Å². The Bertz CT molecular complexity index is 264. The summed E-state index contributed by atoms with van der Waals surface area (Å²) in [4.78, 5) is 0. The summed E-state index contributed by atoms with van der Waals surface area (Å²) in [7, 11) is 0. The largest absolute Gasteiger partial charge is 0.375 e. The van der Waals surface area contributed by atoms with Gasteiger partial charge < -0.3 is 10.1 Å². The molecule has 17 heavy (non-hydrogen) atoms. The van der Waals surface area contributed by atoms with Crippen molar-refractivity contribution in [1.29, 1.82) is 0 Å². The molecule has 3 atom stereocenters. The van der Waals surface area contributed by atoms with Crippen LogP contribution < -0.4 is 5.32 Å². The van der Waals surface area contributed by atoms with E-state index in [4.69, 9.17) is 4.74 Å². The second-order valence-electron chi connectivity index (χ2n) is 5.90. The molecule has 1 aliphatic heterocycles. The van der Waals surface area contributed by atoms with Gasteiger partial charge >= 0.3 is 0 Å². The highest BCUT2D eigenvalue weighted by atomic mass is 16.5. The summed E-state index contributed by atoms with van der Waals surface area (Å²) in [6.07, 6.45) is 12.0. The third-order valence-corrected chi connectivity index (χ3v) is 4.42. The van der Waals surface area contributed by atoms with Gasteiger partial charge in [0.1, 0.15) is 0 Å². The molecule has 1 saturated heterocycles. The summed E-state index contributed by atoms with van der Waals surface area (Å²) >= 11 is 0. The number of ether oxygens (including phenoxy) is 1. The molecule has 2 aliphatic rings. The first-order valence-corrected chi connectivity index (χ1v) is 7.24. The molecular formula is C15H27NO. The lowest BCUT2D eigenvalue weighted by atomic mass is 9.89. The topological polar surface area (TPSA) is 21.3 Å². The molecule has 3 unspecified atom stereocenters. The number of nitrogens with one attached hydrogen (secondary N) is 1. The Kier molecular flexibility index (Phi) is 4.63. The van der Waals surface area contributed by atoms with Crippen molar-refractivity contribution in [2.75, 3.05) is 13.2 Å². The van der Waals surface area contributed by atoms with E-state index in [1.165, 1.54) is 38.6 Å². The Morgan fingerprint density at radius 1 is 1.35 bits per heavy atom. The van der Waals surface area contributed by atoms with Crippen LogP contribution in [0, 0.1) is 5.92 Å². The van der Waals surface area contributed by atoms with Crippen LogP contribution in [0.15, 0.2) is 12.2 Å². The minimum absolute atomic E-state index is 0.113. The molecule has 1 fully saturated rings. The minimum atomic E-state index is 0.113. The molecule has 0 radical (unpaired) electrons. The van der Waals surface area contributed by atoms with Gasteiger partial charge in [-0.3, -0.25) is 0 Å². The van der Waals surface area contributed by atoms with Crippen LogP contribution in [0.4, 0.5) is 0 Å². The van der Waals surface area contributed by atoms with E-state index in [1.54, 1.807) is 0 Å². The van der Waals surface area contributed by atoms with Crippen LogP contribution in [0.1, 0.15) is 52.4 Å². The molecule has 2 heteroatoms. The van der Waals surface area contributed by atoms with Gasteiger partial charge in [0.05, 0.1) is 5.60 Å². The van der Waals surface area contributed by atoms with Crippen LogP contribution in [0.25, 0.3) is 0 Å². The number of rotatable bonds is 4. The fraction of sp³-hybridized carbons (Fsp3) is 0.867. The van der Waals surface area contributed by atoms with Crippen molar-refractivity contribution in [3.05, 3.63) is 12.2 Å². The van der Waals surface area contributed by atoms with Crippen LogP contribution >= 0.6 is 0 Å². The highest BCUT2D eigenvalue weighted by molar-refractivity contribution is 4.92. The van der Waals surface area contributed by atoms with Crippen molar-refractivity contribution in [3.8, 4) is 0 Å². The summed E-state index contributed by atoms with van der Waals surface area (Å²) in [5, 5.41) is 3.77. The van der Waals surface area contributed by atoms with E-state index < -0.39 is 0 Å². The SMILES string of the molecule is CCC1(C)CC(NCC2CC=CCC2)CCO1. The average Bonchev–Trinajstić information content (AvgIpc) is 2.38. The number of allylic oxidation sites excluding steroid dienone is 2. The summed E-state index contributed by atoms with van der Waals surface area (Å²) in [5.74, 6) is 0.857. The van der Waals surface area contributed by atoms with Crippen LogP contribution in [0.3, 0.4) is 0 Å². The van der Waals surface area contributed by atoms with Gasteiger partial charge in [-0.2, -0.15) is 0 Å². The van der Waals surface area contributed by atoms with E-state index >= 15 is 0 Å². The number of hydrogen-bond acceptors (Lipinski definition) is 2. The van der Waals surface area contributed by atoms with Gasteiger partial charge in [0.15, 0.2) is 0 Å². The molecule has 0 spiro atoms. The molecule has 0 amide bonds. The molecule has 0 bridgehead atoms. The maximum atomic E-state index is 5.89. The van der Waals surface area contributed by atoms with Gasteiger partial charge in [0.2, 0.25) is 0 Å². The highest BCUT2D eigenvalue weighted by Crippen LogP contribution is 2.28. The van der Waals surface area contributed by atoms with Crippen molar-refractivity contribution in [2.45, 2.75) is 64.0 Å². The van der Waals surface area contributed by atoms with Crippen LogP contribution in [0.2, 0.25) is 0 Å². The molecule has 0 saturated carbocycles. The molecule has 1 aliphatic carbocycles. The fourth-order valence-electron chi connectivity index (χ4n) is 2.93. The first-order chi connectivity index (χ1) is 8.22. The lowest BCUT2D eigenvalue weighted by Crippen LogP contribution is -2.46. The zero-order valence-corrected chi connectivity index (χ0v) is 11.4. The van der Waals surface area contributed by atoms with Crippen molar-refractivity contribution in [2.24, 2.45) is 5.92 Å². The predicted molar refractivity (Wildman–Crippen MR) is 72.2 cm³/mol. The minimum Gasteiger partial charge on any atom is -0.375 e. The maximum absolute atomic E-state index is 5.89. The standard InChI is InChI=1S/C15H27NO/c1-3-15(2)11-14(9-10-17-15)16-12-13-7-5-4-6-8-13/h4-5,13-14,16H,3,6-12H2,1-2H3. The average molecular weight is 237 g/mol. The van der Waals surface area contributed by atoms with E-state index in [1.807, 2.05) is 0 Å². The molecule has 1 N–H and O–H groups in total. The molecule has 0 aromatic heterocycles. The lowest BCUT2D eigenvalue weighted by Gasteiger charge is -2.38. The van der Waals surface area contributed by atoms with Gasteiger partial charge in [0, 0.05) is 12.6 Å². The first kappa shape index (κ1) is 13.1.